The molecule has 6 nitrogen and oxygen atoms in total. The fraction of sp³-hybridized carbons (Fsp3) is 0.200. The van der Waals surface area contributed by atoms with E-state index in [1.54, 1.807) is 30.3 Å². The van der Waals surface area contributed by atoms with Crippen molar-refractivity contribution in [3.8, 4) is 11.5 Å². The zero-order valence-corrected chi connectivity index (χ0v) is 12.5. The molecular weight excluding hydrogens is 310 g/mol. The van der Waals surface area contributed by atoms with E-state index in [2.05, 4.69) is 0 Å². The van der Waals surface area contributed by atoms with Gasteiger partial charge in [0.1, 0.15) is 18.5 Å². The van der Waals surface area contributed by atoms with Gasteiger partial charge < -0.3 is 14.6 Å². The summed E-state index contributed by atoms with van der Waals surface area (Å²) < 4.78 is 10.3. The van der Waals surface area contributed by atoms with E-state index in [-0.39, 0.29) is 18.0 Å². The van der Waals surface area contributed by atoms with Crippen LogP contribution in [0.4, 0.5) is 5.69 Å². The molecule has 1 atom stereocenters. The highest BCUT2D eigenvalue weighted by Crippen LogP contribution is 2.31. The van der Waals surface area contributed by atoms with E-state index in [1.165, 1.54) is 19.2 Å². The summed E-state index contributed by atoms with van der Waals surface area (Å²) in [5.74, 6) is 0.427. The van der Waals surface area contributed by atoms with Gasteiger partial charge in [0.05, 0.1) is 18.1 Å². The number of methoxy groups -OCH3 is 1. The molecule has 0 amide bonds. The molecule has 1 N–H and O–H groups in total. The van der Waals surface area contributed by atoms with Crippen LogP contribution in [0.3, 0.4) is 0 Å². The fourth-order valence-corrected chi connectivity index (χ4v) is 1.96. The number of halogens is 1. The minimum absolute atomic E-state index is 0.0683. The molecule has 0 aliphatic carbocycles. The van der Waals surface area contributed by atoms with Gasteiger partial charge in [-0.25, -0.2) is 0 Å². The van der Waals surface area contributed by atoms with E-state index in [4.69, 9.17) is 21.1 Å². The molecule has 0 aliphatic heterocycles. The number of ether oxygens (including phenoxy) is 2. The summed E-state index contributed by atoms with van der Waals surface area (Å²) in [5.41, 5.74) is 0.392. The highest BCUT2D eigenvalue weighted by Gasteiger charge is 2.18. The number of rotatable bonds is 6. The normalized spacial score (nSPS) is 11.8. The lowest BCUT2D eigenvalue weighted by Gasteiger charge is -2.13. The molecule has 0 fully saturated rings. The lowest BCUT2D eigenvalue weighted by molar-refractivity contribution is -0.386. The fourth-order valence-electron chi connectivity index (χ4n) is 1.84. The molecule has 0 bridgehead atoms. The number of aliphatic hydroxyl groups excluding tert-OH is 1. The maximum absolute atomic E-state index is 11.0. The Bertz CT molecular complexity index is 659. The number of hydrogen-bond donors (Lipinski definition) is 1. The van der Waals surface area contributed by atoms with Crippen LogP contribution in [-0.2, 0) is 0 Å². The zero-order chi connectivity index (χ0) is 16.1. The lowest BCUT2D eigenvalue weighted by atomic mass is 10.1. The van der Waals surface area contributed by atoms with Crippen molar-refractivity contribution >= 4 is 17.3 Å². The second-order valence-corrected chi connectivity index (χ2v) is 4.91. The first-order chi connectivity index (χ1) is 10.5. The third kappa shape index (κ3) is 3.87. The first kappa shape index (κ1) is 16.1. The first-order valence-electron chi connectivity index (χ1n) is 6.40. The van der Waals surface area contributed by atoms with Crippen LogP contribution in [-0.4, -0.2) is 23.7 Å². The molecule has 0 saturated carbocycles. The first-order valence-corrected chi connectivity index (χ1v) is 6.78. The van der Waals surface area contributed by atoms with Gasteiger partial charge in [0.2, 0.25) is 0 Å². The molecule has 116 valence electrons. The third-order valence-electron chi connectivity index (χ3n) is 3.01. The van der Waals surface area contributed by atoms with Gasteiger partial charge in [-0.2, -0.15) is 0 Å². The van der Waals surface area contributed by atoms with Gasteiger partial charge in [-0.1, -0.05) is 23.7 Å². The van der Waals surface area contributed by atoms with Crippen LogP contribution in [0, 0.1) is 10.1 Å². The summed E-state index contributed by atoms with van der Waals surface area (Å²) in [6, 6.07) is 10.9. The monoisotopic (exact) mass is 323 g/mol. The van der Waals surface area contributed by atoms with Gasteiger partial charge in [0, 0.05) is 5.02 Å². The Labute approximate surface area is 132 Å². The van der Waals surface area contributed by atoms with Gasteiger partial charge in [0.15, 0.2) is 5.75 Å². The molecule has 0 heterocycles. The number of nitrogens with zero attached hydrogens (tertiary/aromatic N) is 1. The number of benzene rings is 2. The molecule has 22 heavy (non-hydrogen) atoms. The highest BCUT2D eigenvalue weighted by molar-refractivity contribution is 6.30. The van der Waals surface area contributed by atoms with Crippen LogP contribution in [0.1, 0.15) is 11.7 Å². The van der Waals surface area contributed by atoms with Crippen LogP contribution >= 0.6 is 11.6 Å². The summed E-state index contributed by atoms with van der Waals surface area (Å²) in [6.45, 7) is -0.116. The second kappa shape index (κ2) is 7.11. The molecule has 0 aliphatic rings. The van der Waals surface area contributed by atoms with Crippen molar-refractivity contribution in [1.82, 2.24) is 0 Å². The summed E-state index contributed by atoms with van der Waals surface area (Å²) in [7, 11) is 1.42. The van der Waals surface area contributed by atoms with E-state index in [9.17, 15) is 15.2 Å². The molecule has 2 aromatic carbocycles. The highest BCUT2D eigenvalue weighted by atomic mass is 35.5. The molecule has 0 aromatic heterocycles. The van der Waals surface area contributed by atoms with Crippen molar-refractivity contribution in [2.75, 3.05) is 13.7 Å². The Hall–Kier alpha value is -2.31. The van der Waals surface area contributed by atoms with Crippen molar-refractivity contribution < 1.29 is 19.5 Å². The number of aliphatic hydroxyl groups is 1. The second-order valence-electron chi connectivity index (χ2n) is 4.47. The smallest absolute Gasteiger partial charge is 0.314 e. The van der Waals surface area contributed by atoms with Crippen LogP contribution in [0.5, 0.6) is 11.5 Å². The van der Waals surface area contributed by atoms with E-state index < -0.39 is 11.0 Å². The third-order valence-corrected chi connectivity index (χ3v) is 3.27. The lowest BCUT2D eigenvalue weighted by Crippen LogP contribution is -2.10. The van der Waals surface area contributed by atoms with Gasteiger partial charge in [-0.15, -0.1) is 0 Å². The Morgan fingerprint density at radius 2 is 1.95 bits per heavy atom. The van der Waals surface area contributed by atoms with Crippen molar-refractivity contribution in [2.24, 2.45) is 0 Å². The predicted molar refractivity (Wildman–Crippen MR) is 81.6 cm³/mol. The maximum atomic E-state index is 11.0. The Kier molecular flexibility index (Phi) is 5.19. The maximum Gasteiger partial charge on any atom is 0.314 e. The van der Waals surface area contributed by atoms with E-state index >= 15 is 0 Å². The molecule has 1 unspecified atom stereocenters. The SMILES string of the molecule is COc1ccc(OCC(O)c2ccc(Cl)cc2)c([N+](=O)[O-])c1. The largest absolute Gasteiger partial charge is 0.496 e. The number of hydrogen-bond acceptors (Lipinski definition) is 5. The predicted octanol–water partition coefficient (Wildman–Crippen LogP) is 3.37. The number of nitro groups is 1. The molecule has 0 spiro atoms. The standard InChI is InChI=1S/C15H14ClNO5/c1-21-12-6-7-15(13(8-12)17(19)20)22-9-14(18)10-2-4-11(16)5-3-10/h2-8,14,18H,9H2,1H3. The summed E-state index contributed by atoms with van der Waals surface area (Å²) >= 11 is 5.77. The van der Waals surface area contributed by atoms with Gasteiger partial charge in [0.25, 0.3) is 0 Å². The van der Waals surface area contributed by atoms with Crippen LogP contribution in [0.15, 0.2) is 42.5 Å². The van der Waals surface area contributed by atoms with Crippen molar-refractivity contribution in [2.45, 2.75) is 6.10 Å². The van der Waals surface area contributed by atoms with Crippen LogP contribution < -0.4 is 9.47 Å². The topological polar surface area (TPSA) is 81.8 Å². The molecular formula is C15H14ClNO5. The van der Waals surface area contributed by atoms with Gasteiger partial charge in [-0.05, 0) is 29.8 Å². The summed E-state index contributed by atoms with van der Waals surface area (Å²) in [4.78, 5) is 10.5. The Balaban J connectivity index is 2.10. The summed E-state index contributed by atoms with van der Waals surface area (Å²) in [5, 5.41) is 21.6. The Morgan fingerprint density at radius 1 is 1.27 bits per heavy atom. The molecule has 0 saturated heterocycles. The van der Waals surface area contributed by atoms with Crippen molar-refractivity contribution in [1.29, 1.82) is 0 Å². The van der Waals surface area contributed by atoms with Crippen LogP contribution in [0.25, 0.3) is 0 Å². The van der Waals surface area contributed by atoms with E-state index in [0.717, 1.165) is 0 Å². The number of nitro benzene ring substituents is 1. The average molecular weight is 324 g/mol. The Morgan fingerprint density at radius 3 is 2.55 bits per heavy atom. The minimum Gasteiger partial charge on any atom is -0.496 e. The van der Waals surface area contributed by atoms with E-state index in [1.807, 2.05) is 0 Å². The molecule has 7 heteroatoms. The molecule has 2 rings (SSSR count). The van der Waals surface area contributed by atoms with E-state index in [0.29, 0.717) is 16.3 Å². The summed E-state index contributed by atoms with van der Waals surface area (Å²) in [6.07, 6.45) is -0.918. The van der Waals surface area contributed by atoms with Crippen molar-refractivity contribution in [3.05, 3.63) is 63.2 Å². The van der Waals surface area contributed by atoms with Crippen molar-refractivity contribution in [3.63, 3.8) is 0 Å². The zero-order valence-electron chi connectivity index (χ0n) is 11.7. The van der Waals surface area contributed by atoms with Crippen LogP contribution in [0.2, 0.25) is 5.02 Å². The quantitative estimate of drug-likeness (QED) is 0.651. The van der Waals surface area contributed by atoms with Gasteiger partial charge >= 0.3 is 5.69 Å². The van der Waals surface area contributed by atoms with Gasteiger partial charge in [-0.3, -0.25) is 10.1 Å². The minimum atomic E-state index is -0.918. The molecule has 2 aromatic rings. The molecule has 0 radical (unpaired) electrons. The average Bonchev–Trinajstić information content (AvgIpc) is 2.53.